The third kappa shape index (κ3) is 4.30. The summed E-state index contributed by atoms with van der Waals surface area (Å²) in [4.78, 5) is 22.2. The molecule has 2 aliphatic rings. The molecule has 1 fully saturated rings. The summed E-state index contributed by atoms with van der Waals surface area (Å²) in [7, 11) is 0. The number of halogens is 1. The molecule has 1 saturated heterocycles. The van der Waals surface area contributed by atoms with Crippen LogP contribution in [0.3, 0.4) is 0 Å². The highest BCUT2D eigenvalue weighted by Gasteiger charge is 2.33. The molecule has 5 rings (SSSR count). The predicted molar refractivity (Wildman–Crippen MR) is 128 cm³/mol. The van der Waals surface area contributed by atoms with E-state index < -0.39 is 0 Å². The lowest BCUT2D eigenvalue weighted by molar-refractivity contribution is -0.132. The first-order valence-corrected chi connectivity index (χ1v) is 11.8. The Hall–Kier alpha value is -2.69. The van der Waals surface area contributed by atoms with E-state index in [1.165, 1.54) is 22.3 Å². The van der Waals surface area contributed by atoms with Crippen molar-refractivity contribution in [3.05, 3.63) is 99.3 Å². The molecule has 0 saturated carbocycles. The minimum absolute atomic E-state index is 0.107. The van der Waals surface area contributed by atoms with Crippen molar-refractivity contribution in [1.82, 2.24) is 14.8 Å². The van der Waals surface area contributed by atoms with Gasteiger partial charge in [0.1, 0.15) is 0 Å². The van der Waals surface area contributed by atoms with Crippen LogP contribution in [-0.2, 0) is 24.1 Å². The van der Waals surface area contributed by atoms with Crippen LogP contribution in [-0.4, -0.2) is 46.9 Å². The number of hydrogen-bond acceptors (Lipinski definition) is 3. The normalized spacial score (nSPS) is 18.6. The van der Waals surface area contributed by atoms with E-state index in [4.69, 9.17) is 16.6 Å². The molecule has 2 heterocycles. The Morgan fingerprint density at radius 2 is 1.75 bits per heavy atom. The molecule has 5 heteroatoms. The summed E-state index contributed by atoms with van der Waals surface area (Å²) >= 11 is 6.33. The number of benzene rings is 2. The molecule has 0 radical (unpaired) electrons. The van der Waals surface area contributed by atoms with Gasteiger partial charge in [-0.05, 0) is 60.2 Å². The number of aryl methyl sites for hydroxylation is 3. The Kier molecular flexibility index (Phi) is 5.99. The fraction of sp³-hybridized carbons (Fsp3) is 0.333. The van der Waals surface area contributed by atoms with Gasteiger partial charge in [0.25, 0.3) is 0 Å². The highest BCUT2D eigenvalue weighted by Crippen LogP contribution is 2.37. The highest BCUT2D eigenvalue weighted by atomic mass is 35.5. The summed E-state index contributed by atoms with van der Waals surface area (Å²) < 4.78 is 0. The molecule has 0 N–H and O–H groups in total. The van der Waals surface area contributed by atoms with Crippen molar-refractivity contribution in [2.75, 3.05) is 26.2 Å². The Morgan fingerprint density at radius 3 is 2.53 bits per heavy atom. The number of rotatable bonds is 3. The average Bonchev–Trinajstić information content (AvgIpc) is 2.97. The molecule has 1 aliphatic heterocycles. The van der Waals surface area contributed by atoms with Gasteiger partial charge >= 0.3 is 0 Å². The monoisotopic (exact) mass is 445 g/mol. The number of amides is 1. The van der Waals surface area contributed by atoms with Crippen molar-refractivity contribution in [3.8, 4) is 0 Å². The number of fused-ring (bicyclic) bond motifs is 2. The SMILES string of the molecule is Cc1ccc(CC(=O)N2CCN(C3c4ccc(Cl)cc4CCc4cccnc43)CC2)cc1. The first kappa shape index (κ1) is 21.2. The number of carbonyl (C=O) groups is 1. The van der Waals surface area contributed by atoms with Gasteiger partial charge in [0.15, 0.2) is 0 Å². The van der Waals surface area contributed by atoms with E-state index in [9.17, 15) is 4.79 Å². The summed E-state index contributed by atoms with van der Waals surface area (Å²) in [6, 6.07) is 18.8. The summed E-state index contributed by atoms with van der Waals surface area (Å²) in [6.45, 7) is 5.22. The van der Waals surface area contributed by atoms with E-state index in [1.54, 1.807) is 0 Å². The van der Waals surface area contributed by atoms with Crippen molar-refractivity contribution in [3.63, 3.8) is 0 Å². The van der Waals surface area contributed by atoms with Gasteiger partial charge in [0, 0.05) is 37.4 Å². The Balaban J connectivity index is 1.35. The third-order valence-corrected chi connectivity index (χ3v) is 6.99. The van der Waals surface area contributed by atoms with E-state index in [1.807, 2.05) is 23.2 Å². The highest BCUT2D eigenvalue weighted by molar-refractivity contribution is 6.30. The van der Waals surface area contributed by atoms with Gasteiger partial charge in [-0.1, -0.05) is 53.6 Å². The largest absolute Gasteiger partial charge is 0.340 e. The van der Waals surface area contributed by atoms with Crippen molar-refractivity contribution in [2.45, 2.75) is 32.2 Å². The Morgan fingerprint density at radius 1 is 1.00 bits per heavy atom. The topological polar surface area (TPSA) is 36.4 Å². The van der Waals surface area contributed by atoms with Gasteiger partial charge in [0.05, 0.1) is 18.2 Å². The minimum atomic E-state index is 0.107. The number of aromatic nitrogens is 1. The molecular formula is C27H28ClN3O. The molecule has 1 amide bonds. The minimum Gasteiger partial charge on any atom is -0.340 e. The van der Waals surface area contributed by atoms with Gasteiger partial charge < -0.3 is 4.90 Å². The molecule has 0 spiro atoms. The summed E-state index contributed by atoms with van der Waals surface area (Å²) in [5, 5.41) is 0.785. The maximum absolute atomic E-state index is 12.9. The zero-order chi connectivity index (χ0) is 22.1. The Bertz CT molecular complexity index is 1120. The average molecular weight is 446 g/mol. The van der Waals surface area contributed by atoms with Crippen LogP contribution >= 0.6 is 11.6 Å². The summed E-state index contributed by atoms with van der Waals surface area (Å²) in [5.74, 6) is 0.208. The standard InChI is InChI=1S/C27H28ClN3O/c1-19-4-6-20(7-5-19)17-25(32)30-13-15-31(16-14-30)27-24-11-10-23(28)18-22(24)9-8-21-3-2-12-29-26(21)27/h2-7,10-12,18,27H,8-9,13-17H2,1H3. The van der Waals surface area contributed by atoms with Crippen LogP contribution in [0.4, 0.5) is 0 Å². The van der Waals surface area contributed by atoms with E-state index in [2.05, 4.69) is 54.3 Å². The van der Waals surface area contributed by atoms with E-state index in [0.29, 0.717) is 6.42 Å². The predicted octanol–water partition coefficient (Wildman–Crippen LogP) is 4.62. The van der Waals surface area contributed by atoms with Crippen LogP contribution in [0.25, 0.3) is 0 Å². The third-order valence-electron chi connectivity index (χ3n) is 6.76. The molecule has 1 aliphatic carbocycles. The molecule has 1 aromatic heterocycles. The van der Waals surface area contributed by atoms with Crippen LogP contribution < -0.4 is 0 Å². The van der Waals surface area contributed by atoms with E-state index >= 15 is 0 Å². The zero-order valence-electron chi connectivity index (χ0n) is 18.4. The first-order valence-electron chi connectivity index (χ1n) is 11.4. The van der Waals surface area contributed by atoms with Crippen LogP contribution in [0.1, 0.15) is 39.6 Å². The smallest absolute Gasteiger partial charge is 0.227 e. The summed E-state index contributed by atoms with van der Waals surface area (Å²) in [5.41, 5.74) is 7.35. The lowest BCUT2D eigenvalue weighted by Gasteiger charge is -2.40. The number of piperazine rings is 1. The van der Waals surface area contributed by atoms with E-state index in [-0.39, 0.29) is 11.9 Å². The molecule has 32 heavy (non-hydrogen) atoms. The second-order valence-corrected chi connectivity index (χ2v) is 9.31. The lowest BCUT2D eigenvalue weighted by Crippen LogP contribution is -2.50. The van der Waals surface area contributed by atoms with Crippen molar-refractivity contribution in [1.29, 1.82) is 0 Å². The number of carbonyl (C=O) groups excluding carboxylic acids is 1. The molecule has 1 unspecified atom stereocenters. The fourth-order valence-electron chi connectivity index (χ4n) is 4.97. The molecule has 164 valence electrons. The number of hydrogen-bond donors (Lipinski definition) is 0. The van der Waals surface area contributed by atoms with Crippen molar-refractivity contribution >= 4 is 17.5 Å². The van der Waals surface area contributed by atoms with Crippen LogP contribution in [0.15, 0.2) is 60.8 Å². The second kappa shape index (κ2) is 9.05. The van der Waals surface area contributed by atoms with Gasteiger partial charge in [-0.25, -0.2) is 0 Å². The van der Waals surface area contributed by atoms with Gasteiger partial charge in [-0.15, -0.1) is 0 Å². The van der Waals surface area contributed by atoms with Crippen LogP contribution in [0.5, 0.6) is 0 Å². The number of pyridine rings is 1. The molecule has 0 bridgehead atoms. The quantitative estimate of drug-likeness (QED) is 0.590. The number of nitrogens with zero attached hydrogens (tertiary/aromatic N) is 3. The van der Waals surface area contributed by atoms with Gasteiger partial charge in [-0.3, -0.25) is 14.7 Å². The zero-order valence-corrected chi connectivity index (χ0v) is 19.2. The first-order chi connectivity index (χ1) is 15.6. The van der Waals surface area contributed by atoms with Gasteiger partial charge in [0.2, 0.25) is 5.91 Å². The second-order valence-electron chi connectivity index (χ2n) is 8.87. The van der Waals surface area contributed by atoms with Crippen LogP contribution in [0.2, 0.25) is 5.02 Å². The fourth-order valence-corrected chi connectivity index (χ4v) is 5.17. The maximum Gasteiger partial charge on any atom is 0.227 e. The molecular weight excluding hydrogens is 418 g/mol. The van der Waals surface area contributed by atoms with Crippen LogP contribution in [0, 0.1) is 6.92 Å². The van der Waals surface area contributed by atoms with Crippen molar-refractivity contribution < 1.29 is 4.79 Å². The van der Waals surface area contributed by atoms with E-state index in [0.717, 1.165) is 55.3 Å². The maximum atomic E-state index is 12.9. The van der Waals surface area contributed by atoms with Crippen molar-refractivity contribution in [2.24, 2.45) is 0 Å². The molecule has 1 atom stereocenters. The Labute approximate surface area is 194 Å². The summed E-state index contributed by atoms with van der Waals surface area (Å²) in [6.07, 6.45) is 4.31. The molecule has 3 aromatic rings. The lowest BCUT2D eigenvalue weighted by atomic mass is 9.96. The molecule has 4 nitrogen and oxygen atoms in total. The molecule has 2 aromatic carbocycles. The van der Waals surface area contributed by atoms with Gasteiger partial charge in [-0.2, -0.15) is 0 Å².